The van der Waals surface area contributed by atoms with Crippen LogP contribution in [0.15, 0.2) is 71.9 Å². The van der Waals surface area contributed by atoms with Gasteiger partial charge in [-0.2, -0.15) is 5.10 Å². The molecule has 0 aliphatic heterocycles. The molecule has 0 aliphatic carbocycles. The van der Waals surface area contributed by atoms with Crippen LogP contribution in [0.4, 0.5) is 5.69 Å². The molecule has 2 aromatic carbocycles. The molecule has 0 fully saturated rings. The Bertz CT molecular complexity index is 1190. The first kappa shape index (κ1) is 17.7. The number of nitrogens with one attached hydrogen (secondary N) is 1. The Hall–Kier alpha value is -3.74. The number of hydrogen-bond acceptors (Lipinski definition) is 4. The number of carbonyl (C=O) groups is 1. The molecule has 4 aromatic rings. The van der Waals surface area contributed by atoms with Crippen molar-refractivity contribution in [2.24, 2.45) is 0 Å². The maximum absolute atomic E-state index is 12.8. The van der Waals surface area contributed by atoms with Gasteiger partial charge in [0.25, 0.3) is 5.56 Å². The molecule has 4 rings (SSSR count). The fourth-order valence-electron chi connectivity index (χ4n) is 3.04. The first-order valence-electron chi connectivity index (χ1n) is 9.03. The maximum atomic E-state index is 12.8. The van der Waals surface area contributed by atoms with Gasteiger partial charge in [0.2, 0.25) is 5.91 Å². The molecular formula is C21H19N5O2. The van der Waals surface area contributed by atoms with Gasteiger partial charge in [-0.1, -0.05) is 37.3 Å². The number of hydrogen-bond donors (Lipinski definition) is 1. The highest BCUT2D eigenvalue weighted by molar-refractivity contribution is 5.90. The Morgan fingerprint density at radius 1 is 1.11 bits per heavy atom. The molecular weight excluding hydrogens is 354 g/mol. The molecule has 0 bridgehead atoms. The second-order valence-corrected chi connectivity index (χ2v) is 6.41. The number of anilines is 1. The molecule has 0 saturated heterocycles. The Labute approximate surface area is 161 Å². The first-order chi connectivity index (χ1) is 13.7. The third kappa shape index (κ3) is 3.42. The fourth-order valence-corrected chi connectivity index (χ4v) is 3.04. The predicted molar refractivity (Wildman–Crippen MR) is 108 cm³/mol. The van der Waals surface area contributed by atoms with E-state index in [-0.39, 0.29) is 18.0 Å². The molecule has 7 heteroatoms. The number of fused-ring (bicyclic) bond motifs is 1. The highest BCUT2D eigenvalue weighted by Crippen LogP contribution is 2.13. The van der Waals surface area contributed by atoms with E-state index in [1.165, 1.54) is 17.1 Å². The average molecular weight is 373 g/mol. The van der Waals surface area contributed by atoms with Crippen LogP contribution in [-0.2, 0) is 17.8 Å². The first-order valence-corrected chi connectivity index (χ1v) is 9.03. The van der Waals surface area contributed by atoms with E-state index in [9.17, 15) is 9.59 Å². The van der Waals surface area contributed by atoms with Crippen molar-refractivity contribution >= 4 is 22.6 Å². The fraction of sp³-hybridized carbons (Fsp3) is 0.143. The van der Waals surface area contributed by atoms with Crippen LogP contribution >= 0.6 is 0 Å². The number of aromatic nitrogens is 4. The standard InChI is InChI=1S/C21H19N5O2/c1-2-15-7-6-8-16(11-15)24-19(27)13-25-14-22-20-18(21(25)28)12-23-26(20)17-9-4-3-5-10-17/h3-12,14H,2,13H2,1H3,(H,24,27). The van der Waals surface area contributed by atoms with Gasteiger partial charge in [0, 0.05) is 5.69 Å². The molecule has 140 valence electrons. The zero-order valence-electron chi connectivity index (χ0n) is 15.4. The van der Waals surface area contributed by atoms with Crippen LogP contribution in [0, 0.1) is 0 Å². The number of amides is 1. The maximum Gasteiger partial charge on any atom is 0.264 e. The number of benzene rings is 2. The largest absolute Gasteiger partial charge is 0.325 e. The van der Waals surface area contributed by atoms with Crippen LogP contribution in [0.5, 0.6) is 0 Å². The SMILES string of the molecule is CCc1cccc(NC(=O)Cn2cnc3c(cnn3-c3ccccc3)c2=O)c1. The van der Waals surface area contributed by atoms with E-state index in [0.29, 0.717) is 16.7 Å². The summed E-state index contributed by atoms with van der Waals surface area (Å²) in [6, 6.07) is 17.1. The topological polar surface area (TPSA) is 81.8 Å². The van der Waals surface area contributed by atoms with Crippen molar-refractivity contribution in [1.29, 1.82) is 0 Å². The lowest BCUT2D eigenvalue weighted by molar-refractivity contribution is -0.116. The molecule has 2 heterocycles. The van der Waals surface area contributed by atoms with Gasteiger partial charge in [-0.05, 0) is 36.2 Å². The summed E-state index contributed by atoms with van der Waals surface area (Å²) < 4.78 is 2.90. The third-order valence-electron chi connectivity index (χ3n) is 4.49. The van der Waals surface area contributed by atoms with E-state index in [4.69, 9.17) is 0 Å². The number of rotatable bonds is 5. The smallest absolute Gasteiger partial charge is 0.264 e. The Morgan fingerprint density at radius 2 is 1.93 bits per heavy atom. The molecule has 0 saturated carbocycles. The average Bonchev–Trinajstić information content (AvgIpc) is 3.16. The summed E-state index contributed by atoms with van der Waals surface area (Å²) in [5, 5.41) is 7.47. The van der Waals surface area contributed by atoms with Crippen molar-refractivity contribution < 1.29 is 4.79 Å². The Balaban J connectivity index is 1.59. The minimum absolute atomic E-state index is 0.116. The Kier molecular flexibility index (Phi) is 4.72. The summed E-state index contributed by atoms with van der Waals surface area (Å²) in [7, 11) is 0. The van der Waals surface area contributed by atoms with Gasteiger partial charge < -0.3 is 5.32 Å². The Morgan fingerprint density at radius 3 is 2.71 bits per heavy atom. The zero-order chi connectivity index (χ0) is 19.5. The van der Waals surface area contributed by atoms with E-state index in [1.807, 2.05) is 54.6 Å². The van der Waals surface area contributed by atoms with Gasteiger partial charge in [0.15, 0.2) is 5.65 Å². The molecule has 0 aliphatic rings. The van der Waals surface area contributed by atoms with E-state index >= 15 is 0 Å². The minimum Gasteiger partial charge on any atom is -0.325 e. The summed E-state index contributed by atoms with van der Waals surface area (Å²) in [5.41, 5.74) is 2.82. The van der Waals surface area contributed by atoms with Gasteiger partial charge in [0.05, 0.1) is 11.9 Å². The summed E-state index contributed by atoms with van der Waals surface area (Å²) in [5.74, 6) is -0.285. The highest BCUT2D eigenvalue weighted by atomic mass is 16.2. The van der Waals surface area contributed by atoms with Gasteiger partial charge in [-0.3, -0.25) is 14.2 Å². The van der Waals surface area contributed by atoms with Crippen molar-refractivity contribution in [3.8, 4) is 5.69 Å². The highest BCUT2D eigenvalue weighted by Gasteiger charge is 2.13. The summed E-state index contributed by atoms with van der Waals surface area (Å²) in [6.45, 7) is 1.94. The molecule has 7 nitrogen and oxygen atoms in total. The normalized spacial score (nSPS) is 10.9. The van der Waals surface area contributed by atoms with Gasteiger partial charge in [0.1, 0.15) is 18.3 Å². The van der Waals surface area contributed by atoms with Gasteiger partial charge in [-0.15, -0.1) is 0 Å². The second kappa shape index (κ2) is 7.48. The monoisotopic (exact) mass is 373 g/mol. The molecule has 0 spiro atoms. The van der Waals surface area contributed by atoms with E-state index in [0.717, 1.165) is 17.7 Å². The van der Waals surface area contributed by atoms with Crippen LogP contribution in [0.25, 0.3) is 16.7 Å². The summed E-state index contributed by atoms with van der Waals surface area (Å²) >= 11 is 0. The van der Waals surface area contributed by atoms with Gasteiger partial charge >= 0.3 is 0 Å². The number of nitrogens with zero attached hydrogens (tertiary/aromatic N) is 4. The minimum atomic E-state index is -0.301. The zero-order valence-corrected chi connectivity index (χ0v) is 15.4. The van der Waals surface area contributed by atoms with E-state index in [1.54, 1.807) is 4.68 Å². The molecule has 1 amide bonds. The van der Waals surface area contributed by atoms with E-state index < -0.39 is 0 Å². The summed E-state index contributed by atoms with van der Waals surface area (Å²) in [6.07, 6.45) is 3.75. The quantitative estimate of drug-likeness (QED) is 0.583. The number of para-hydroxylation sites is 1. The molecule has 0 radical (unpaired) electrons. The molecule has 28 heavy (non-hydrogen) atoms. The lowest BCUT2D eigenvalue weighted by Gasteiger charge is -2.08. The molecule has 0 atom stereocenters. The lowest BCUT2D eigenvalue weighted by atomic mass is 10.1. The van der Waals surface area contributed by atoms with E-state index in [2.05, 4.69) is 22.3 Å². The lowest BCUT2D eigenvalue weighted by Crippen LogP contribution is -2.27. The van der Waals surface area contributed by atoms with Crippen LogP contribution in [0.3, 0.4) is 0 Å². The molecule has 0 unspecified atom stereocenters. The van der Waals surface area contributed by atoms with Crippen molar-refractivity contribution in [2.45, 2.75) is 19.9 Å². The number of carbonyl (C=O) groups excluding carboxylic acids is 1. The van der Waals surface area contributed by atoms with Crippen molar-refractivity contribution in [3.63, 3.8) is 0 Å². The number of aryl methyl sites for hydroxylation is 1. The van der Waals surface area contributed by atoms with Crippen LogP contribution < -0.4 is 10.9 Å². The third-order valence-corrected chi connectivity index (χ3v) is 4.49. The predicted octanol–water partition coefficient (Wildman–Crippen LogP) is 2.78. The van der Waals surface area contributed by atoms with Crippen molar-refractivity contribution in [1.82, 2.24) is 19.3 Å². The van der Waals surface area contributed by atoms with Crippen LogP contribution in [0.1, 0.15) is 12.5 Å². The van der Waals surface area contributed by atoms with Crippen molar-refractivity contribution in [3.05, 3.63) is 83.0 Å². The van der Waals surface area contributed by atoms with Gasteiger partial charge in [-0.25, -0.2) is 9.67 Å². The molecule has 1 N–H and O–H groups in total. The second-order valence-electron chi connectivity index (χ2n) is 6.41. The molecule has 2 aromatic heterocycles. The van der Waals surface area contributed by atoms with Crippen LogP contribution in [-0.4, -0.2) is 25.2 Å². The van der Waals surface area contributed by atoms with Crippen LogP contribution in [0.2, 0.25) is 0 Å². The van der Waals surface area contributed by atoms with Crippen molar-refractivity contribution in [2.75, 3.05) is 5.32 Å². The summed E-state index contributed by atoms with van der Waals surface area (Å²) in [4.78, 5) is 29.5.